The Labute approximate surface area is 113 Å². The molecule has 2 unspecified atom stereocenters. The molecule has 4 atom stereocenters. The molecule has 1 aliphatic rings. The van der Waals surface area contributed by atoms with Crippen LogP contribution in [0.1, 0.15) is 13.2 Å². The third-order valence-electron chi connectivity index (χ3n) is 3.57. The lowest BCUT2D eigenvalue weighted by Crippen LogP contribution is -2.44. The third-order valence-corrected chi connectivity index (χ3v) is 3.57. The minimum Gasteiger partial charge on any atom is -0.394 e. The Hall–Kier alpha value is -1.81. The maximum atomic E-state index is 10.4. The summed E-state index contributed by atoms with van der Waals surface area (Å²) in [6.45, 7) is 1.02. The van der Waals surface area contributed by atoms with Crippen LogP contribution in [0.3, 0.4) is 0 Å². The molecule has 3 rings (SSSR count). The number of aromatic nitrogens is 4. The molecule has 20 heavy (non-hydrogen) atoms. The Balaban J connectivity index is 2.10. The highest BCUT2D eigenvalue weighted by Crippen LogP contribution is 2.39. The van der Waals surface area contributed by atoms with Gasteiger partial charge in [-0.15, -0.1) is 0 Å². The second-order valence-electron chi connectivity index (χ2n) is 4.96. The molecule has 2 aromatic rings. The van der Waals surface area contributed by atoms with Crippen LogP contribution < -0.4 is 5.73 Å². The minimum absolute atomic E-state index is 0.214. The van der Waals surface area contributed by atoms with E-state index in [0.29, 0.717) is 11.2 Å². The highest BCUT2D eigenvalue weighted by molar-refractivity contribution is 5.81. The molecule has 3 heterocycles. The van der Waals surface area contributed by atoms with Crippen molar-refractivity contribution in [3.63, 3.8) is 0 Å². The summed E-state index contributed by atoms with van der Waals surface area (Å²) < 4.78 is 6.97. The molecular formula is C11H15N5O4. The standard InChI is InChI=1S/C11H15N5O4/c1-11(19)7(18)5(2-17)20-10(11)16-4-15-6-8(12)13-3-14-9(6)16/h3-5,7,10,17-19H,2H2,1H3,(H2,12,13,14)/t5?,7-,10+,11?/m0/s1. The van der Waals surface area contributed by atoms with E-state index in [1.807, 2.05) is 0 Å². The molecule has 0 amide bonds. The zero-order valence-corrected chi connectivity index (χ0v) is 10.7. The van der Waals surface area contributed by atoms with Crippen molar-refractivity contribution < 1.29 is 20.1 Å². The Bertz CT molecular complexity index is 643. The Morgan fingerprint density at radius 2 is 2.20 bits per heavy atom. The number of rotatable bonds is 2. The van der Waals surface area contributed by atoms with Crippen molar-refractivity contribution in [2.24, 2.45) is 0 Å². The number of hydrogen-bond acceptors (Lipinski definition) is 8. The van der Waals surface area contributed by atoms with Gasteiger partial charge in [0.05, 0.1) is 12.9 Å². The van der Waals surface area contributed by atoms with Crippen molar-refractivity contribution in [3.05, 3.63) is 12.7 Å². The summed E-state index contributed by atoms with van der Waals surface area (Å²) in [5.74, 6) is 0.214. The zero-order valence-electron chi connectivity index (χ0n) is 10.7. The van der Waals surface area contributed by atoms with Crippen LogP contribution in [0.2, 0.25) is 0 Å². The Morgan fingerprint density at radius 3 is 2.85 bits per heavy atom. The van der Waals surface area contributed by atoms with Crippen LogP contribution in [0.25, 0.3) is 11.2 Å². The zero-order chi connectivity index (χ0) is 14.5. The summed E-state index contributed by atoms with van der Waals surface area (Å²) in [5, 5.41) is 29.6. The van der Waals surface area contributed by atoms with Crippen molar-refractivity contribution in [2.45, 2.75) is 31.0 Å². The SMILES string of the molecule is CC1(O)[C@@H](O)C(CO)O[C@H]1n1cnc2c(N)ncnc21. The molecule has 0 saturated carbocycles. The van der Waals surface area contributed by atoms with E-state index in [-0.39, 0.29) is 5.82 Å². The number of anilines is 1. The lowest BCUT2D eigenvalue weighted by molar-refractivity contribution is -0.0950. The summed E-state index contributed by atoms with van der Waals surface area (Å²) >= 11 is 0. The maximum Gasteiger partial charge on any atom is 0.168 e. The number of imidazole rings is 1. The lowest BCUT2D eigenvalue weighted by atomic mass is 9.96. The highest BCUT2D eigenvalue weighted by atomic mass is 16.6. The summed E-state index contributed by atoms with van der Waals surface area (Å²) in [5.41, 5.74) is 4.87. The van der Waals surface area contributed by atoms with Crippen LogP contribution >= 0.6 is 0 Å². The van der Waals surface area contributed by atoms with Crippen molar-refractivity contribution >= 4 is 17.0 Å². The van der Waals surface area contributed by atoms with Crippen LogP contribution in [0, 0.1) is 0 Å². The predicted molar refractivity (Wildman–Crippen MR) is 67.4 cm³/mol. The number of fused-ring (bicyclic) bond motifs is 1. The van der Waals surface area contributed by atoms with Crippen LogP contribution in [0.15, 0.2) is 12.7 Å². The van der Waals surface area contributed by atoms with Crippen LogP contribution in [-0.2, 0) is 4.74 Å². The summed E-state index contributed by atoms with van der Waals surface area (Å²) in [4.78, 5) is 12.0. The number of ether oxygens (including phenoxy) is 1. The second kappa shape index (κ2) is 4.35. The molecule has 1 fully saturated rings. The van der Waals surface area contributed by atoms with Crippen LogP contribution in [0.4, 0.5) is 5.82 Å². The molecule has 0 spiro atoms. The van der Waals surface area contributed by atoms with Gasteiger partial charge in [0.25, 0.3) is 0 Å². The fourth-order valence-electron chi connectivity index (χ4n) is 2.43. The van der Waals surface area contributed by atoms with Crippen LogP contribution in [0.5, 0.6) is 0 Å². The first-order valence-corrected chi connectivity index (χ1v) is 6.06. The molecule has 9 heteroatoms. The molecule has 9 nitrogen and oxygen atoms in total. The monoisotopic (exact) mass is 281 g/mol. The fourth-order valence-corrected chi connectivity index (χ4v) is 2.43. The molecule has 108 valence electrons. The maximum absolute atomic E-state index is 10.4. The molecule has 2 aromatic heterocycles. The summed E-state index contributed by atoms with van der Waals surface area (Å²) in [7, 11) is 0. The van der Waals surface area contributed by atoms with E-state index in [0.717, 1.165) is 0 Å². The molecule has 0 aromatic carbocycles. The van der Waals surface area contributed by atoms with Crippen molar-refractivity contribution in [2.75, 3.05) is 12.3 Å². The van der Waals surface area contributed by atoms with Gasteiger partial charge in [-0.05, 0) is 6.92 Å². The normalized spacial score (nSPS) is 33.9. The van der Waals surface area contributed by atoms with Crippen LogP contribution in [-0.4, -0.2) is 59.3 Å². The van der Waals surface area contributed by atoms with Crippen molar-refractivity contribution in [1.82, 2.24) is 19.5 Å². The van der Waals surface area contributed by atoms with Gasteiger partial charge in [-0.1, -0.05) is 0 Å². The largest absolute Gasteiger partial charge is 0.394 e. The average molecular weight is 281 g/mol. The topological polar surface area (TPSA) is 140 Å². The van der Waals surface area contributed by atoms with E-state index in [1.165, 1.54) is 24.1 Å². The number of nitrogens with two attached hydrogens (primary N) is 1. The minimum atomic E-state index is -1.60. The number of aliphatic hydroxyl groups excluding tert-OH is 2. The predicted octanol–water partition coefficient (Wildman–Crippen LogP) is -1.59. The quantitative estimate of drug-likeness (QED) is 0.516. The molecule has 1 saturated heterocycles. The third kappa shape index (κ3) is 1.68. The first kappa shape index (κ1) is 13.2. The van der Waals surface area contributed by atoms with Gasteiger partial charge in [-0.2, -0.15) is 0 Å². The lowest BCUT2D eigenvalue weighted by Gasteiger charge is -2.27. The average Bonchev–Trinajstić information content (AvgIpc) is 2.92. The Kier molecular flexibility index (Phi) is 2.87. The molecule has 0 radical (unpaired) electrons. The fraction of sp³-hybridized carbons (Fsp3) is 0.545. The number of aliphatic hydroxyl groups is 3. The smallest absolute Gasteiger partial charge is 0.168 e. The van der Waals surface area contributed by atoms with Gasteiger partial charge < -0.3 is 25.8 Å². The first-order chi connectivity index (χ1) is 9.46. The van der Waals surface area contributed by atoms with E-state index in [4.69, 9.17) is 10.5 Å². The number of nitrogens with zero attached hydrogens (tertiary/aromatic N) is 4. The van der Waals surface area contributed by atoms with Gasteiger partial charge in [-0.3, -0.25) is 4.57 Å². The highest BCUT2D eigenvalue weighted by Gasteiger charge is 2.53. The van der Waals surface area contributed by atoms with Crippen molar-refractivity contribution in [1.29, 1.82) is 0 Å². The molecule has 0 aliphatic carbocycles. The van der Waals surface area contributed by atoms with E-state index in [9.17, 15) is 15.3 Å². The summed E-state index contributed by atoms with van der Waals surface area (Å²) in [6, 6.07) is 0. The molecule has 5 N–H and O–H groups in total. The molecule has 0 bridgehead atoms. The van der Waals surface area contributed by atoms with Gasteiger partial charge >= 0.3 is 0 Å². The summed E-state index contributed by atoms with van der Waals surface area (Å²) in [6.07, 6.45) is -0.365. The molecular weight excluding hydrogens is 266 g/mol. The molecule has 1 aliphatic heterocycles. The van der Waals surface area contributed by atoms with Gasteiger partial charge in [0.2, 0.25) is 0 Å². The van der Waals surface area contributed by atoms with Gasteiger partial charge in [-0.25, -0.2) is 15.0 Å². The second-order valence-corrected chi connectivity index (χ2v) is 4.96. The van der Waals surface area contributed by atoms with E-state index in [1.54, 1.807) is 0 Å². The number of hydrogen-bond donors (Lipinski definition) is 4. The van der Waals surface area contributed by atoms with Gasteiger partial charge in [0, 0.05) is 0 Å². The van der Waals surface area contributed by atoms with E-state index >= 15 is 0 Å². The van der Waals surface area contributed by atoms with Gasteiger partial charge in [0.1, 0.15) is 29.7 Å². The van der Waals surface area contributed by atoms with Crippen molar-refractivity contribution in [3.8, 4) is 0 Å². The van der Waals surface area contributed by atoms with E-state index in [2.05, 4.69) is 15.0 Å². The van der Waals surface area contributed by atoms with Gasteiger partial charge in [0.15, 0.2) is 17.7 Å². The Morgan fingerprint density at radius 1 is 1.45 bits per heavy atom. The first-order valence-electron chi connectivity index (χ1n) is 6.06. The van der Waals surface area contributed by atoms with E-state index < -0.39 is 30.6 Å². The number of nitrogen functional groups attached to an aromatic ring is 1.